The number of morpholine rings is 1. The highest BCUT2D eigenvalue weighted by Gasteiger charge is 2.18. The zero-order valence-electron chi connectivity index (χ0n) is 11.3. The summed E-state index contributed by atoms with van der Waals surface area (Å²) in [5.74, 6) is -0.0119. The number of non-ortho nitro benzene ring substituents is 1. The lowest BCUT2D eigenvalue weighted by atomic mass is 10.1. The van der Waals surface area contributed by atoms with Crippen molar-refractivity contribution in [2.24, 2.45) is 0 Å². The molecule has 6 nitrogen and oxygen atoms in total. The number of halogens is 1. The normalized spacial score (nSPS) is 18.8. The Labute approximate surface area is 134 Å². The minimum atomic E-state index is -0.477. The van der Waals surface area contributed by atoms with Gasteiger partial charge in [0.25, 0.3) is 5.69 Å². The van der Waals surface area contributed by atoms with Crippen LogP contribution in [0.25, 0.3) is 0 Å². The zero-order valence-corrected chi connectivity index (χ0v) is 13.0. The van der Waals surface area contributed by atoms with Gasteiger partial charge in [0.2, 0.25) is 0 Å². The number of benzene rings is 1. The summed E-state index contributed by atoms with van der Waals surface area (Å²) in [5, 5.41) is 10.5. The number of Topliss-reactive ketones (excluding diaryl/α,β-unsaturated/α-hetero) is 1. The number of nitrogens with zero attached hydrogens (tertiary/aromatic N) is 2. The summed E-state index contributed by atoms with van der Waals surface area (Å²) in [5.41, 5.74) is 0.400. The maximum atomic E-state index is 12.0. The van der Waals surface area contributed by atoms with Gasteiger partial charge in [0.05, 0.1) is 11.5 Å². The lowest BCUT2D eigenvalue weighted by molar-refractivity contribution is -0.384. The van der Waals surface area contributed by atoms with Gasteiger partial charge < -0.3 is 4.74 Å². The Morgan fingerprint density at radius 3 is 2.67 bits per heavy atom. The molecule has 1 aliphatic heterocycles. The fraction of sp³-hybridized carbons (Fsp3) is 0.462. The van der Waals surface area contributed by atoms with Crippen molar-refractivity contribution in [2.75, 3.05) is 26.2 Å². The number of ketones is 1. The summed E-state index contributed by atoms with van der Waals surface area (Å²) in [6, 6.07) is 5.71. The maximum Gasteiger partial charge on any atom is 0.269 e. The van der Waals surface area contributed by atoms with Crippen molar-refractivity contribution in [1.82, 2.24) is 4.90 Å². The van der Waals surface area contributed by atoms with E-state index in [1.165, 1.54) is 24.3 Å². The Kier molecular flexibility index (Phi) is 7.10. The van der Waals surface area contributed by atoms with Gasteiger partial charge in [-0.1, -0.05) is 0 Å². The zero-order chi connectivity index (χ0) is 14.5. The van der Waals surface area contributed by atoms with E-state index in [0.29, 0.717) is 31.7 Å². The van der Waals surface area contributed by atoms with E-state index in [0.717, 1.165) is 6.54 Å². The van der Waals surface area contributed by atoms with Gasteiger partial charge in [-0.3, -0.25) is 19.8 Å². The average Bonchev–Trinajstić information content (AvgIpc) is 2.45. The van der Waals surface area contributed by atoms with E-state index in [9.17, 15) is 14.9 Å². The summed E-state index contributed by atoms with van der Waals surface area (Å²) in [6.07, 6.45) is 0.387. The number of thiol groups is 1. The van der Waals surface area contributed by atoms with E-state index in [2.05, 4.69) is 17.5 Å². The van der Waals surface area contributed by atoms with Crippen LogP contribution in [-0.4, -0.2) is 47.3 Å². The van der Waals surface area contributed by atoms with Crippen LogP contribution in [0.15, 0.2) is 24.3 Å². The van der Waals surface area contributed by atoms with Gasteiger partial charge in [0.15, 0.2) is 5.78 Å². The van der Waals surface area contributed by atoms with Crippen LogP contribution in [0.5, 0.6) is 0 Å². The third-order valence-electron chi connectivity index (χ3n) is 3.19. The highest BCUT2D eigenvalue weighted by Crippen LogP contribution is 2.14. The Morgan fingerprint density at radius 1 is 1.43 bits per heavy atom. The number of nitro benzene ring substituents is 1. The van der Waals surface area contributed by atoms with Crippen LogP contribution in [0, 0.1) is 10.1 Å². The average molecular weight is 333 g/mol. The molecule has 0 aromatic heterocycles. The number of nitro groups is 1. The fourth-order valence-electron chi connectivity index (χ4n) is 2.06. The number of carbonyl (C=O) groups excluding carboxylic acids is 1. The van der Waals surface area contributed by atoms with E-state index >= 15 is 0 Å². The van der Waals surface area contributed by atoms with E-state index in [4.69, 9.17) is 4.74 Å². The molecule has 1 aliphatic rings. The minimum absolute atomic E-state index is 0. The first kappa shape index (κ1) is 17.9. The van der Waals surface area contributed by atoms with Gasteiger partial charge in [-0.2, -0.15) is 0 Å². The quantitative estimate of drug-likeness (QED) is 0.387. The van der Waals surface area contributed by atoms with E-state index < -0.39 is 4.92 Å². The molecule has 1 saturated heterocycles. The molecule has 0 spiro atoms. The lowest BCUT2D eigenvalue weighted by Gasteiger charge is -2.30. The Morgan fingerprint density at radius 2 is 2.10 bits per heavy atom. The molecule has 0 saturated carbocycles. The summed E-state index contributed by atoms with van der Waals surface area (Å²) < 4.78 is 5.31. The van der Waals surface area contributed by atoms with Gasteiger partial charge in [0, 0.05) is 43.8 Å². The molecule has 1 fully saturated rings. The standard InChI is InChI=1S/C13H16N2O4S.ClH/c16-12(5-6-14-7-8-19-13(20)9-14)10-1-3-11(4-2-10)15(17)18;/h1-4,13,20H,5-9H2;1H. The highest BCUT2D eigenvalue weighted by atomic mass is 35.5. The molecule has 1 atom stereocenters. The first-order chi connectivity index (χ1) is 9.56. The maximum absolute atomic E-state index is 12.0. The molecule has 1 unspecified atom stereocenters. The first-order valence-corrected chi connectivity index (χ1v) is 6.87. The van der Waals surface area contributed by atoms with Crippen molar-refractivity contribution < 1.29 is 14.5 Å². The van der Waals surface area contributed by atoms with Crippen LogP contribution in [-0.2, 0) is 4.74 Å². The summed E-state index contributed by atoms with van der Waals surface area (Å²) in [4.78, 5) is 24.2. The highest BCUT2D eigenvalue weighted by molar-refractivity contribution is 7.80. The summed E-state index contributed by atoms with van der Waals surface area (Å²) in [6.45, 7) is 2.78. The van der Waals surface area contributed by atoms with E-state index in [1.807, 2.05) is 0 Å². The third kappa shape index (κ3) is 5.28. The van der Waals surface area contributed by atoms with Crippen LogP contribution in [0.3, 0.4) is 0 Å². The molecular formula is C13H17ClN2O4S. The van der Waals surface area contributed by atoms with Crippen molar-refractivity contribution >= 4 is 36.5 Å². The van der Waals surface area contributed by atoms with Crippen molar-refractivity contribution in [1.29, 1.82) is 0 Å². The number of ether oxygens (including phenoxy) is 1. The second-order valence-electron chi connectivity index (χ2n) is 4.60. The number of hydrogen-bond acceptors (Lipinski definition) is 6. The lowest BCUT2D eigenvalue weighted by Crippen LogP contribution is -2.41. The monoisotopic (exact) mass is 332 g/mol. The SMILES string of the molecule is Cl.O=C(CCN1CCOC(S)C1)c1ccc([N+](=O)[O-])cc1. The van der Waals surface area contributed by atoms with Crippen LogP contribution in [0.2, 0.25) is 0 Å². The molecule has 0 bridgehead atoms. The molecule has 0 amide bonds. The van der Waals surface area contributed by atoms with Crippen LogP contribution >= 0.6 is 25.0 Å². The van der Waals surface area contributed by atoms with Gasteiger partial charge in [-0.15, -0.1) is 25.0 Å². The predicted octanol–water partition coefficient (Wildman–Crippen LogP) is 2.18. The predicted molar refractivity (Wildman–Crippen MR) is 84.5 cm³/mol. The van der Waals surface area contributed by atoms with Crippen molar-refractivity contribution in [2.45, 2.75) is 11.9 Å². The van der Waals surface area contributed by atoms with Crippen LogP contribution < -0.4 is 0 Å². The number of hydrogen-bond donors (Lipinski definition) is 1. The molecule has 1 aromatic carbocycles. The third-order valence-corrected chi connectivity index (χ3v) is 3.50. The van der Waals surface area contributed by atoms with Crippen molar-refractivity contribution in [3.8, 4) is 0 Å². The molecule has 1 heterocycles. The topological polar surface area (TPSA) is 72.7 Å². The Bertz CT molecular complexity index is 497. The van der Waals surface area contributed by atoms with Crippen molar-refractivity contribution in [3.63, 3.8) is 0 Å². The Balaban J connectivity index is 0.00000220. The molecule has 0 aliphatic carbocycles. The van der Waals surface area contributed by atoms with Gasteiger partial charge in [-0.25, -0.2) is 0 Å². The second kappa shape index (κ2) is 8.33. The molecule has 116 valence electrons. The fourth-order valence-corrected chi connectivity index (χ4v) is 2.40. The summed E-state index contributed by atoms with van der Waals surface area (Å²) in [7, 11) is 0. The van der Waals surface area contributed by atoms with Gasteiger partial charge in [-0.05, 0) is 12.1 Å². The molecule has 0 N–H and O–H groups in total. The summed E-state index contributed by atoms with van der Waals surface area (Å²) >= 11 is 4.25. The van der Waals surface area contributed by atoms with Gasteiger partial charge >= 0.3 is 0 Å². The molecule has 0 radical (unpaired) electrons. The number of rotatable bonds is 5. The smallest absolute Gasteiger partial charge is 0.269 e. The molecule has 2 rings (SSSR count). The van der Waals surface area contributed by atoms with E-state index in [-0.39, 0.29) is 29.3 Å². The first-order valence-electron chi connectivity index (χ1n) is 6.36. The largest absolute Gasteiger partial charge is 0.365 e. The van der Waals surface area contributed by atoms with Crippen molar-refractivity contribution in [3.05, 3.63) is 39.9 Å². The Hall–Kier alpha value is -1.15. The number of carbonyl (C=O) groups is 1. The molecule has 21 heavy (non-hydrogen) atoms. The molecular weight excluding hydrogens is 316 g/mol. The molecule has 8 heteroatoms. The van der Waals surface area contributed by atoms with Crippen LogP contribution in [0.4, 0.5) is 5.69 Å². The minimum Gasteiger partial charge on any atom is -0.365 e. The van der Waals surface area contributed by atoms with E-state index in [1.54, 1.807) is 0 Å². The molecule has 1 aromatic rings. The second-order valence-corrected chi connectivity index (χ2v) is 5.18. The van der Waals surface area contributed by atoms with Gasteiger partial charge in [0.1, 0.15) is 5.44 Å². The van der Waals surface area contributed by atoms with Crippen LogP contribution in [0.1, 0.15) is 16.8 Å².